The van der Waals surface area contributed by atoms with E-state index in [4.69, 9.17) is 32.4 Å². The molecule has 0 aliphatic carbocycles. The van der Waals surface area contributed by atoms with Gasteiger partial charge in [0.1, 0.15) is 12.6 Å². The topological polar surface area (TPSA) is 280 Å². The Hall–Kier alpha value is -6.20. The number of rotatable bonds is 14. The zero-order valence-corrected chi connectivity index (χ0v) is 28.7. The van der Waals surface area contributed by atoms with Gasteiger partial charge in [0.2, 0.25) is 18.6 Å². The predicted octanol–water partition coefficient (Wildman–Crippen LogP) is -0.434. The third kappa shape index (κ3) is 12.3. The number of benzene rings is 2. The molecule has 51 heavy (non-hydrogen) atoms. The van der Waals surface area contributed by atoms with Gasteiger partial charge in [0.25, 0.3) is 11.8 Å². The van der Waals surface area contributed by atoms with E-state index in [0.29, 0.717) is 16.9 Å². The summed E-state index contributed by atoms with van der Waals surface area (Å²) in [4.78, 5) is 87.3. The summed E-state index contributed by atoms with van der Waals surface area (Å²) in [5.41, 5.74) is 22.2. The SMILES string of the molecule is CC(C)(C)C(=O)OCOC(=O)CN1CCN(C(=O)CNC(=O)c2ccc(N=C(N)N)cc2)C(CCCNC(=O)c2ccc(N=C(N)N)cc2)C1=O. The Morgan fingerprint density at radius 3 is 1.84 bits per heavy atom. The fraction of sp³-hybridized carbons (Fsp3) is 0.394. The number of esters is 2. The Kier molecular flexibility index (Phi) is 13.8. The highest BCUT2D eigenvalue weighted by atomic mass is 16.7. The van der Waals surface area contributed by atoms with Crippen LogP contribution in [0.1, 0.15) is 54.3 Å². The second-order valence-electron chi connectivity index (χ2n) is 12.4. The summed E-state index contributed by atoms with van der Waals surface area (Å²) in [6, 6.07) is 11.3. The molecule has 1 aliphatic rings. The highest BCUT2D eigenvalue weighted by Gasteiger charge is 2.38. The number of aliphatic imine (C=N–C) groups is 2. The molecular formula is C33H44N10O8. The molecule has 1 fully saturated rings. The average molecular weight is 709 g/mol. The molecule has 2 aromatic carbocycles. The van der Waals surface area contributed by atoms with E-state index in [9.17, 15) is 28.8 Å². The third-order valence-electron chi connectivity index (χ3n) is 7.36. The van der Waals surface area contributed by atoms with Crippen LogP contribution in [0.3, 0.4) is 0 Å². The van der Waals surface area contributed by atoms with Crippen molar-refractivity contribution < 1.29 is 38.2 Å². The maximum absolute atomic E-state index is 13.6. The van der Waals surface area contributed by atoms with Crippen LogP contribution in [0.2, 0.25) is 0 Å². The van der Waals surface area contributed by atoms with Gasteiger partial charge >= 0.3 is 11.9 Å². The number of hydrogen-bond donors (Lipinski definition) is 6. The summed E-state index contributed by atoms with van der Waals surface area (Å²) in [7, 11) is 0. The minimum Gasteiger partial charge on any atom is -0.427 e. The van der Waals surface area contributed by atoms with Gasteiger partial charge in [-0.1, -0.05) is 0 Å². The normalized spacial score (nSPS) is 14.2. The number of piperazine rings is 1. The van der Waals surface area contributed by atoms with Crippen molar-refractivity contribution >= 4 is 58.9 Å². The van der Waals surface area contributed by atoms with Crippen LogP contribution in [0.25, 0.3) is 0 Å². The first-order valence-corrected chi connectivity index (χ1v) is 15.9. The lowest BCUT2D eigenvalue weighted by Gasteiger charge is -2.40. The Bertz CT molecular complexity index is 1640. The first-order valence-electron chi connectivity index (χ1n) is 15.9. The van der Waals surface area contributed by atoms with E-state index in [-0.39, 0.29) is 55.9 Å². The number of nitrogens with two attached hydrogens (primary N) is 4. The molecule has 4 amide bonds. The summed E-state index contributed by atoms with van der Waals surface area (Å²) < 4.78 is 9.97. The highest BCUT2D eigenvalue weighted by molar-refractivity contribution is 5.98. The summed E-state index contributed by atoms with van der Waals surface area (Å²) >= 11 is 0. The summed E-state index contributed by atoms with van der Waals surface area (Å²) in [5, 5.41) is 5.33. The molecule has 1 atom stereocenters. The molecule has 0 radical (unpaired) electrons. The van der Waals surface area contributed by atoms with Crippen molar-refractivity contribution in [2.75, 3.05) is 39.5 Å². The molecule has 274 valence electrons. The van der Waals surface area contributed by atoms with Crippen molar-refractivity contribution in [3.63, 3.8) is 0 Å². The smallest absolute Gasteiger partial charge is 0.328 e. The summed E-state index contributed by atoms with van der Waals surface area (Å²) in [5.74, 6) is -3.60. The van der Waals surface area contributed by atoms with Gasteiger partial charge in [-0.05, 0) is 82.1 Å². The Balaban J connectivity index is 1.63. The third-order valence-corrected chi connectivity index (χ3v) is 7.36. The van der Waals surface area contributed by atoms with E-state index >= 15 is 0 Å². The van der Waals surface area contributed by atoms with Gasteiger partial charge < -0.3 is 52.8 Å². The number of carbonyl (C=O) groups excluding carboxylic acids is 6. The second-order valence-corrected chi connectivity index (χ2v) is 12.4. The molecule has 1 heterocycles. The minimum absolute atomic E-state index is 0.00470. The second kappa shape index (κ2) is 18.0. The molecule has 1 saturated heterocycles. The number of carbonyl (C=O) groups is 6. The summed E-state index contributed by atoms with van der Waals surface area (Å²) in [6.07, 6.45) is 0.413. The van der Waals surface area contributed by atoms with Crippen LogP contribution in [-0.4, -0.2) is 103 Å². The van der Waals surface area contributed by atoms with Crippen molar-refractivity contribution in [3.05, 3.63) is 59.7 Å². The largest absolute Gasteiger partial charge is 0.427 e. The van der Waals surface area contributed by atoms with Crippen LogP contribution in [0.15, 0.2) is 58.5 Å². The Morgan fingerprint density at radius 1 is 0.804 bits per heavy atom. The quantitative estimate of drug-likeness (QED) is 0.0479. The molecule has 10 N–H and O–H groups in total. The molecule has 0 bridgehead atoms. The minimum atomic E-state index is -1.01. The van der Waals surface area contributed by atoms with Gasteiger partial charge in [-0.25, -0.2) is 9.98 Å². The highest BCUT2D eigenvalue weighted by Crippen LogP contribution is 2.19. The molecule has 0 spiro atoms. The van der Waals surface area contributed by atoms with Gasteiger partial charge in [0, 0.05) is 30.8 Å². The molecule has 0 aromatic heterocycles. The fourth-order valence-electron chi connectivity index (χ4n) is 4.77. The number of amides is 4. The van der Waals surface area contributed by atoms with Gasteiger partial charge in [0.05, 0.1) is 23.3 Å². The maximum Gasteiger partial charge on any atom is 0.328 e. The van der Waals surface area contributed by atoms with Crippen molar-refractivity contribution in [3.8, 4) is 0 Å². The maximum atomic E-state index is 13.6. The lowest BCUT2D eigenvalue weighted by atomic mass is 9.98. The van der Waals surface area contributed by atoms with Gasteiger partial charge in [-0.15, -0.1) is 0 Å². The van der Waals surface area contributed by atoms with E-state index in [1.54, 1.807) is 45.0 Å². The molecule has 1 aliphatic heterocycles. The molecule has 18 heteroatoms. The lowest BCUT2D eigenvalue weighted by Crippen LogP contribution is -2.61. The number of hydrogen-bond acceptors (Lipinski definition) is 10. The van der Waals surface area contributed by atoms with Crippen LogP contribution >= 0.6 is 0 Å². The standard InChI is InChI=1S/C33H44N10O8/c1-33(2,3)30(49)51-19-50-26(45)18-42-15-16-43(25(44)17-39-28(47)21-8-12-23(13-9-21)41-32(36)37)24(29(42)48)5-4-14-38-27(46)20-6-10-22(11-7-20)40-31(34)35/h6-13,24H,4-5,14-19H2,1-3H3,(H,38,46)(H,39,47)(H4,34,35,40)(H4,36,37,41). The van der Waals surface area contributed by atoms with E-state index < -0.39 is 61.0 Å². The van der Waals surface area contributed by atoms with Crippen molar-refractivity contribution in [2.45, 2.75) is 39.7 Å². The molecule has 3 rings (SSSR count). The zero-order chi connectivity index (χ0) is 37.7. The first-order chi connectivity index (χ1) is 24.0. The molecular weight excluding hydrogens is 664 g/mol. The monoisotopic (exact) mass is 708 g/mol. The summed E-state index contributed by atoms with van der Waals surface area (Å²) in [6.45, 7) is 3.70. The van der Waals surface area contributed by atoms with E-state index in [1.807, 2.05) is 0 Å². The first kappa shape index (κ1) is 39.2. The lowest BCUT2D eigenvalue weighted by molar-refractivity contribution is -0.175. The van der Waals surface area contributed by atoms with Gasteiger partial charge in [-0.2, -0.15) is 0 Å². The number of ether oxygens (including phenoxy) is 2. The molecule has 18 nitrogen and oxygen atoms in total. The van der Waals surface area contributed by atoms with E-state index in [1.165, 1.54) is 34.1 Å². The van der Waals surface area contributed by atoms with Gasteiger partial charge in [0.15, 0.2) is 11.9 Å². The van der Waals surface area contributed by atoms with Crippen molar-refractivity contribution in [1.29, 1.82) is 0 Å². The van der Waals surface area contributed by atoms with E-state index in [2.05, 4.69) is 20.6 Å². The average Bonchev–Trinajstić information content (AvgIpc) is 3.06. The number of nitrogens with zero attached hydrogens (tertiary/aromatic N) is 4. The zero-order valence-electron chi connectivity index (χ0n) is 28.7. The Morgan fingerprint density at radius 2 is 1.33 bits per heavy atom. The number of nitrogens with one attached hydrogen (secondary N) is 2. The van der Waals surface area contributed by atoms with Crippen LogP contribution in [0.4, 0.5) is 11.4 Å². The van der Waals surface area contributed by atoms with E-state index in [0.717, 1.165) is 0 Å². The van der Waals surface area contributed by atoms with Crippen molar-refractivity contribution in [2.24, 2.45) is 38.3 Å². The van der Waals surface area contributed by atoms with Crippen LogP contribution in [-0.2, 0) is 28.7 Å². The Labute approximate surface area is 294 Å². The van der Waals surface area contributed by atoms with Crippen LogP contribution < -0.4 is 33.6 Å². The van der Waals surface area contributed by atoms with Crippen LogP contribution in [0.5, 0.6) is 0 Å². The fourth-order valence-corrected chi connectivity index (χ4v) is 4.77. The molecule has 0 saturated carbocycles. The van der Waals surface area contributed by atoms with Crippen molar-refractivity contribution in [1.82, 2.24) is 20.4 Å². The number of guanidine groups is 2. The molecule has 2 aromatic rings. The van der Waals surface area contributed by atoms with Crippen LogP contribution in [0, 0.1) is 5.41 Å². The molecule has 1 unspecified atom stereocenters. The van der Waals surface area contributed by atoms with Gasteiger partial charge in [-0.3, -0.25) is 28.8 Å². The predicted molar refractivity (Wildman–Crippen MR) is 186 cm³/mol.